The minimum atomic E-state index is -2.79. The Morgan fingerprint density at radius 3 is 2.66 bits per heavy atom. The van der Waals surface area contributed by atoms with Gasteiger partial charge in [0, 0.05) is 42.4 Å². The maximum atomic E-state index is 13.1. The SMILES string of the molecule is NC1=C(SCOCC(F)F)CCN(CCC2CCC(NC(=O)c3cccnc3C(F)F)CC2)CC1. The van der Waals surface area contributed by atoms with Crippen molar-refractivity contribution in [1.82, 2.24) is 15.2 Å². The summed E-state index contributed by atoms with van der Waals surface area (Å²) < 4.78 is 55.6. The molecule has 0 saturated heterocycles. The molecule has 0 aromatic carbocycles. The van der Waals surface area contributed by atoms with Crippen LogP contribution in [-0.2, 0) is 4.74 Å². The van der Waals surface area contributed by atoms with E-state index >= 15 is 0 Å². The number of carbonyl (C=O) groups is 1. The summed E-state index contributed by atoms with van der Waals surface area (Å²) in [6.45, 7) is 2.15. The van der Waals surface area contributed by atoms with Crippen LogP contribution in [-0.4, -0.2) is 60.4 Å². The summed E-state index contributed by atoms with van der Waals surface area (Å²) in [4.78, 5) is 19.6. The maximum absolute atomic E-state index is 13.1. The van der Waals surface area contributed by atoms with Gasteiger partial charge in [0.1, 0.15) is 12.3 Å². The molecule has 1 aromatic heterocycles. The van der Waals surface area contributed by atoms with Gasteiger partial charge in [-0.2, -0.15) is 0 Å². The molecule has 3 rings (SSSR count). The number of hydrogen-bond donors (Lipinski definition) is 2. The highest BCUT2D eigenvalue weighted by Gasteiger charge is 2.26. The van der Waals surface area contributed by atoms with Crippen LogP contribution in [0.4, 0.5) is 17.6 Å². The summed E-state index contributed by atoms with van der Waals surface area (Å²) in [5.74, 6) is 0.257. The average molecular weight is 519 g/mol. The fraction of sp³-hybridized carbons (Fsp3) is 0.667. The van der Waals surface area contributed by atoms with Gasteiger partial charge in [0.25, 0.3) is 18.8 Å². The lowest BCUT2D eigenvalue weighted by Crippen LogP contribution is -2.38. The molecule has 1 aromatic rings. The van der Waals surface area contributed by atoms with Gasteiger partial charge in [-0.3, -0.25) is 9.78 Å². The number of carbonyl (C=O) groups excluding carboxylic acids is 1. The predicted molar refractivity (Wildman–Crippen MR) is 128 cm³/mol. The summed E-state index contributed by atoms with van der Waals surface area (Å²) >= 11 is 1.41. The Hall–Kier alpha value is -1.85. The first-order chi connectivity index (χ1) is 16.8. The van der Waals surface area contributed by atoms with Crippen molar-refractivity contribution in [3.63, 3.8) is 0 Å². The van der Waals surface area contributed by atoms with Gasteiger partial charge in [0.15, 0.2) is 0 Å². The minimum absolute atomic E-state index is 0.0152. The summed E-state index contributed by atoms with van der Waals surface area (Å²) in [7, 11) is 0. The largest absolute Gasteiger partial charge is 0.401 e. The minimum Gasteiger partial charge on any atom is -0.401 e. The van der Waals surface area contributed by atoms with Gasteiger partial charge in [0.2, 0.25) is 0 Å². The predicted octanol–water partition coefficient (Wildman–Crippen LogP) is 4.94. The zero-order chi connectivity index (χ0) is 25.2. The van der Waals surface area contributed by atoms with Crippen molar-refractivity contribution in [3.05, 3.63) is 40.2 Å². The normalized spacial score (nSPS) is 22.0. The van der Waals surface area contributed by atoms with E-state index in [1.165, 1.54) is 30.1 Å². The Labute approximate surface area is 208 Å². The number of thioether (sulfide) groups is 1. The number of nitrogens with zero attached hydrogens (tertiary/aromatic N) is 2. The third-order valence-electron chi connectivity index (χ3n) is 6.60. The van der Waals surface area contributed by atoms with Crippen molar-refractivity contribution in [2.45, 2.75) is 63.8 Å². The number of nitrogens with two attached hydrogens (primary N) is 1. The zero-order valence-electron chi connectivity index (χ0n) is 19.7. The molecular weight excluding hydrogens is 484 g/mol. The Morgan fingerprint density at radius 1 is 1.20 bits per heavy atom. The highest BCUT2D eigenvalue weighted by Crippen LogP contribution is 2.30. The smallest absolute Gasteiger partial charge is 0.281 e. The molecule has 0 unspecified atom stereocenters. The topological polar surface area (TPSA) is 80.5 Å². The Bertz CT molecular complexity index is 851. The van der Waals surface area contributed by atoms with Crippen LogP contribution < -0.4 is 11.1 Å². The molecule has 0 bridgehead atoms. The standard InChI is InChI=1S/C24H34F4N4O2S/c25-21(26)14-34-15-35-20-9-13-32(12-8-19(20)29)11-7-16-3-5-17(6-4-16)31-24(33)18-2-1-10-30-22(18)23(27)28/h1-2,10,16-17,21,23H,3-9,11-15,29H2,(H,31,33). The van der Waals surface area contributed by atoms with E-state index in [2.05, 4.69) is 15.2 Å². The number of pyridine rings is 1. The van der Waals surface area contributed by atoms with E-state index in [0.717, 1.165) is 75.2 Å². The molecule has 11 heteroatoms. The second kappa shape index (κ2) is 14.0. The van der Waals surface area contributed by atoms with Crippen molar-refractivity contribution in [1.29, 1.82) is 0 Å². The molecule has 2 aliphatic rings. The van der Waals surface area contributed by atoms with Crippen molar-refractivity contribution in [3.8, 4) is 0 Å². The lowest BCUT2D eigenvalue weighted by molar-refractivity contribution is 0.0366. The first kappa shape index (κ1) is 27.7. The molecule has 3 N–H and O–H groups in total. The number of amides is 1. The van der Waals surface area contributed by atoms with E-state index < -0.39 is 31.1 Å². The van der Waals surface area contributed by atoms with E-state index in [0.29, 0.717) is 5.92 Å². The molecule has 2 heterocycles. The Balaban J connectivity index is 1.35. The molecular formula is C24H34F4N4O2S. The lowest BCUT2D eigenvalue weighted by atomic mass is 9.84. The molecule has 0 spiro atoms. The first-order valence-electron chi connectivity index (χ1n) is 12.1. The number of rotatable bonds is 11. The molecule has 1 fully saturated rings. The van der Waals surface area contributed by atoms with Gasteiger partial charge in [-0.25, -0.2) is 17.6 Å². The number of alkyl halides is 4. The molecule has 35 heavy (non-hydrogen) atoms. The van der Waals surface area contributed by atoms with Crippen LogP contribution in [0.1, 0.15) is 67.4 Å². The lowest BCUT2D eigenvalue weighted by Gasteiger charge is -2.31. The van der Waals surface area contributed by atoms with Crippen molar-refractivity contribution in [2.24, 2.45) is 11.7 Å². The Morgan fingerprint density at radius 2 is 1.94 bits per heavy atom. The summed E-state index contributed by atoms with van der Waals surface area (Å²) in [5, 5.41) is 2.91. The van der Waals surface area contributed by atoms with Gasteiger partial charge in [-0.05, 0) is 63.1 Å². The molecule has 0 radical (unpaired) electrons. The van der Waals surface area contributed by atoms with Gasteiger partial charge < -0.3 is 20.7 Å². The number of ether oxygens (including phenoxy) is 1. The van der Waals surface area contributed by atoms with Gasteiger partial charge in [-0.15, -0.1) is 11.8 Å². The fourth-order valence-corrected chi connectivity index (χ4v) is 5.44. The molecule has 1 aliphatic heterocycles. The first-order valence-corrected chi connectivity index (χ1v) is 13.0. The number of hydrogen-bond acceptors (Lipinski definition) is 6. The highest BCUT2D eigenvalue weighted by molar-refractivity contribution is 8.02. The van der Waals surface area contributed by atoms with Gasteiger partial charge in [0.05, 0.1) is 11.5 Å². The van der Waals surface area contributed by atoms with Crippen molar-refractivity contribution >= 4 is 17.7 Å². The summed E-state index contributed by atoms with van der Waals surface area (Å²) in [6.07, 6.45) is 2.24. The van der Waals surface area contributed by atoms with Crippen LogP contribution >= 0.6 is 11.8 Å². The molecule has 196 valence electrons. The molecule has 6 nitrogen and oxygen atoms in total. The van der Waals surface area contributed by atoms with E-state index in [-0.39, 0.29) is 17.5 Å². The summed E-state index contributed by atoms with van der Waals surface area (Å²) in [6, 6.07) is 2.86. The van der Waals surface area contributed by atoms with Crippen LogP contribution in [0, 0.1) is 5.92 Å². The van der Waals surface area contributed by atoms with Crippen LogP contribution in [0.3, 0.4) is 0 Å². The highest BCUT2D eigenvalue weighted by atomic mass is 32.2. The molecule has 0 atom stereocenters. The van der Waals surface area contributed by atoms with E-state index in [9.17, 15) is 22.4 Å². The van der Waals surface area contributed by atoms with Crippen LogP contribution in [0.5, 0.6) is 0 Å². The van der Waals surface area contributed by atoms with Crippen LogP contribution in [0.2, 0.25) is 0 Å². The third-order valence-corrected chi connectivity index (χ3v) is 7.70. The number of halogens is 4. The monoisotopic (exact) mass is 518 g/mol. The second-order valence-corrected chi connectivity index (χ2v) is 10.0. The summed E-state index contributed by atoms with van der Waals surface area (Å²) in [5.41, 5.74) is 6.47. The maximum Gasteiger partial charge on any atom is 0.281 e. The molecule has 1 saturated carbocycles. The Kier molecular flexibility index (Phi) is 11.1. The number of aromatic nitrogens is 1. The quantitative estimate of drug-likeness (QED) is 0.246. The van der Waals surface area contributed by atoms with Gasteiger partial charge in [-0.1, -0.05) is 0 Å². The van der Waals surface area contributed by atoms with E-state index in [1.807, 2.05) is 0 Å². The third kappa shape index (κ3) is 8.95. The zero-order valence-corrected chi connectivity index (χ0v) is 20.6. The van der Waals surface area contributed by atoms with Crippen molar-refractivity contribution < 1.29 is 27.1 Å². The van der Waals surface area contributed by atoms with Gasteiger partial charge >= 0.3 is 0 Å². The van der Waals surface area contributed by atoms with Crippen molar-refractivity contribution in [2.75, 3.05) is 32.2 Å². The molecule has 1 amide bonds. The fourth-order valence-electron chi connectivity index (χ4n) is 4.60. The van der Waals surface area contributed by atoms with Crippen LogP contribution in [0.25, 0.3) is 0 Å². The average Bonchev–Trinajstić information content (AvgIpc) is 3.02. The number of nitrogens with one attached hydrogen (secondary N) is 1. The van der Waals surface area contributed by atoms with Crippen LogP contribution in [0.15, 0.2) is 28.9 Å². The molecule has 1 aliphatic carbocycles. The second-order valence-electron chi connectivity index (χ2n) is 9.03. The van der Waals surface area contributed by atoms with E-state index in [4.69, 9.17) is 10.5 Å². The van der Waals surface area contributed by atoms with E-state index in [1.54, 1.807) is 0 Å².